The molecule has 0 unspecified atom stereocenters. The molecule has 0 aliphatic rings. The van der Waals surface area contributed by atoms with E-state index in [0.29, 0.717) is 0 Å². The topological polar surface area (TPSA) is 52.3 Å². The zero-order valence-electron chi connectivity index (χ0n) is 9.93. The van der Waals surface area contributed by atoms with Crippen LogP contribution in [0.3, 0.4) is 0 Å². The molecule has 0 aliphatic carbocycles. The van der Waals surface area contributed by atoms with Crippen LogP contribution in [0.1, 0.15) is 29.8 Å². The Balaban J connectivity index is 0.00000106. The van der Waals surface area contributed by atoms with Crippen molar-refractivity contribution in [2.24, 2.45) is 0 Å². The summed E-state index contributed by atoms with van der Waals surface area (Å²) < 4.78 is 17.7. The minimum atomic E-state index is -0.627. The van der Waals surface area contributed by atoms with Crippen LogP contribution in [0.25, 0.3) is 0 Å². The van der Waals surface area contributed by atoms with E-state index < -0.39 is 11.8 Å². The maximum absolute atomic E-state index is 13.2. The highest BCUT2D eigenvalue weighted by molar-refractivity contribution is 6.33. The quantitative estimate of drug-likeness (QED) is 0.443. The van der Waals surface area contributed by atoms with E-state index >= 15 is 0 Å². The molecule has 0 aromatic heterocycles. The number of carbonyl (C=O) groups is 1. The Bertz CT molecular complexity index is 394. The summed E-state index contributed by atoms with van der Waals surface area (Å²) in [7, 11) is 6.56. The largest absolute Gasteiger partial charge is 0.465 e. The van der Waals surface area contributed by atoms with E-state index in [0.717, 1.165) is 0 Å². The molecule has 0 saturated heterocycles. The highest BCUT2D eigenvalue weighted by atomic mass is 19.1. The number of carbonyl (C=O) groups excluding carboxylic acids is 1. The van der Waals surface area contributed by atoms with Gasteiger partial charge in [-0.1, -0.05) is 19.3 Å². The second kappa shape index (κ2) is 6.15. The van der Waals surface area contributed by atoms with Gasteiger partial charge in [-0.05, 0) is 13.0 Å². The minimum Gasteiger partial charge on any atom is -0.465 e. The lowest BCUT2D eigenvalue weighted by Gasteiger charge is -2.09. The average molecular weight is 223 g/mol. The number of esters is 1. The Morgan fingerprint density at radius 3 is 2.44 bits per heavy atom. The predicted molar refractivity (Wildman–Crippen MR) is 63.6 cm³/mol. The zero-order chi connectivity index (χ0) is 12.9. The molecule has 0 bridgehead atoms. The summed E-state index contributed by atoms with van der Waals surface area (Å²) in [5.41, 5.74) is 5.72. The Morgan fingerprint density at radius 1 is 1.50 bits per heavy atom. The number of hydrogen-bond donors (Lipinski definition) is 1. The highest BCUT2D eigenvalue weighted by Gasteiger charge is 2.15. The normalized spacial score (nSPS) is 9.06. The molecule has 0 atom stereocenters. The van der Waals surface area contributed by atoms with Crippen LogP contribution in [-0.4, -0.2) is 20.9 Å². The average Bonchev–Trinajstić information content (AvgIpc) is 2.32. The van der Waals surface area contributed by atoms with Crippen LogP contribution in [-0.2, 0) is 4.74 Å². The van der Waals surface area contributed by atoms with Gasteiger partial charge in [0.25, 0.3) is 0 Å². The standard InChI is InChI=1S/C9H9BFNO2.C2H6/c1-4-7(11)6(10)3-5(8(4)12)9(13)14-2;1-2/h3H,12H2,1-2H3;1-2H3. The van der Waals surface area contributed by atoms with Crippen LogP contribution < -0.4 is 11.2 Å². The molecule has 0 fully saturated rings. The van der Waals surface area contributed by atoms with Gasteiger partial charge in [-0.25, -0.2) is 9.18 Å². The summed E-state index contributed by atoms with van der Waals surface area (Å²) in [6.07, 6.45) is 0. The van der Waals surface area contributed by atoms with E-state index in [9.17, 15) is 9.18 Å². The number of anilines is 1. The summed E-state index contributed by atoms with van der Waals surface area (Å²) in [5.74, 6) is -1.23. The number of rotatable bonds is 1. The fourth-order valence-corrected chi connectivity index (χ4v) is 1.11. The third-order valence-electron chi connectivity index (χ3n) is 1.98. The number of hydrogen-bond acceptors (Lipinski definition) is 3. The first-order chi connectivity index (χ1) is 7.49. The summed E-state index contributed by atoms with van der Waals surface area (Å²) in [6.45, 7) is 5.45. The number of nitrogens with two attached hydrogens (primary N) is 1. The van der Waals surface area contributed by atoms with Gasteiger partial charge in [0, 0.05) is 5.56 Å². The Morgan fingerprint density at radius 2 is 2.00 bits per heavy atom. The lowest BCUT2D eigenvalue weighted by Crippen LogP contribution is -2.17. The van der Waals surface area contributed by atoms with Gasteiger partial charge in [-0.2, -0.15) is 0 Å². The van der Waals surface area contributed by atoms with Crippen molar-refractivity contribution in [3.05, 3.63) is 23.0 Å². The third kappa shape index (κ3) is 2.75. The second-order valence-corrected chi connectivity index (χ2v) is 2.86. The summed E-state index contributed by atoms with van der Waals surface area (Å²) in [5, 5.41) is 0. The van der Waals surface area contributed by atoms with Crippen molar-refractivity contribution in [2.75, 3.05) is 12.8 Å². The van der Waals surface area contributed by atoms with E-state index in [4.69, 9.17) is 13.6 Å². The van der Waals surface area contributed by atoms with Crippen LogP contribution in [0, 0.1) is 12.7 Å². The maximum Gasteiger partial charge on any atom is 0.339 e. The number of halogens is 1. The molecule has 1 rings (SSSR count). The number of methoxy groups -OCH3 is 1. The molecule has 0 aliphatic heterocycles. The molecule has 2 radical (unpaired) electrons. The van der Waals surface area contributed by atoms with Gasteiger partial charge in [0.05, 0.1) is 18.4 Å². The second-order valence-electron chi connectivity index (χ2n) is 2.86. The van der Waals surface area contributed by atoms with Crippen LogP contribution in [0.15, 0.2) is 6.07 Å². The van der Waals surface area contributed by atoms with E-state index in [1.165, 1.54) is 20.1 Å². The number of ether oxygens (including phenoxy) is 1. The smallest absolute Gasteiger partial charge is 0.339 e. The fourth-order valence-electron chi connectivity index (χ4n) is 1.11. The molecule has 1 aromatic carbocycles. The summed E-state index contributed by atoms with van der Waals surface area (Å²) in [6, 6.07) is 1.17. The van der Waals surface area contributed by atoms with Crippen molar-refractivity contribution >= 4 is 25.0 Å². The van der Waals surface area contributed by atoms with Crippen molar-refractivity contribution in [3.63, 3.8) is 0 Å². The number of nitrogen functional groups attached to an aromatic ring is 1. The lowest BCUT2D eigenvalue weighted by molar-refractivity contribution is 0.0602. The molecule has 0 amide bonds. The lowest BCUT2D eigenvalue weighted by atomic mass is 9.90. The van der Waals surface area contributed by atoms with Crippen molar-refractivity contribution in [3.8, 4) is 0 Å². The van der Waals surface area contributed by atoms with Gasteiger partial charge >= 0.3 is 5.97 Å². The fraction of sp³-hybridized carbons (Fsp3) is 0.364. The molecule has 5 heteroatoms. The molecular weight excluding hydrogens is 208 g/mol. The van der Waals surface area contributed by atoms with Gasteiger partial charge < -0.3 is 10.5 Å². The first-order valence-electron chi connectivity index (χ1n) is 4.91. The molecule has 1 aromatic rings. The van der Waals surface area contributed by atoms with Crippen molar-refractivity contribution < 1.29 is 13.9 Å². The van der Waals surface area contributed by atoms with Gasteiger partial charge in [-0.3, -0.25) is 0 Å². The van der Waals surface area contributed by atoms with Gasteiger partial charge in [0.15, 0.2) is 0 Å². The van der Waals surface area contributed by atoms with Crippen LogP contribution in [0.4, 0.5) is 10.1 Å². The van der Waals surface area contributed by atoms with Crippen LogP contribution in [0.5, 0.6) is 0 Å². The number of benzene rings is 1. The van der Waals surface area contributed by atoms with Crippen molar-refractivity contribution in [2.45, 2.75) is 20.8 Å². The zero-order valence-corrected chi connectivity index (χ0v) is 9.93. The van der Waals surface area contributed by atoms with Crippen molar-refractivity contribution in [1.29, 1.82) is 0 Å². The van der Waals surface area contributed by atoms with E-state index in [1.54, 1.807) is 0 Å². The van der Waals surface area contributed by atoms with Gasteiger partial charge in [-0.15, -0.1) is 0 Å². The predicted octanol–water partition coefficient (Wildman–Crippen LogP) is 1.32. The van der Waals surface area contributed by atoms with Crippen LogP contribution >= 0.6 is 0 Å². The molecule has 2 N–H and O–H groups in total. The van der Waals surface area contributed by atoms with E-state index in [1.807, 2.05) is 13.8 Å². The molecule has 0 heterocycles. The molecule has 16 heavy (non-hydrogen) atoms. The summed E-state index contributed by atoms with van der Waals surface area (Å²) in [4.78, 5) is 11.2. The Kier molecular flexibility index (Phi) is 5.57. The minimum absolute atomic E-state index is 0.0588. The highest BCUT2D eigenvalue weighted by Crippen LogP contribution is 2.18. The molecule has 0 saturated carbocycles. The SMILES string of the molecule is CC.[B]c1cc(C(=O)OC)c(N)c(C)c1F. The van der Waals surface area contributed by atoms with Gasteiger partial charge in [0.1, 0.15) is 13.7 Å². The maximum atomic E-state index is 13.2. The Hall–Kier alpha value is -1.52. The molecular formula is C11H15BFNO2. The first kappa shape index (κ1) is 14.5. The molecule has 0 spiro atoms. The summed E-state index contributed by atoms with van der Waals surface area (Å²) >= 11 is 0. The monoisotopic (exact) mass is 223 g/mol. The molecule has 3 nitrogen and oxygen atoms in total. The first-order valence-corrected chi connectivity index (χ1v) is 4.91. The van der Waals surface area contributed by atoms with E-state index in [2.05, 4.69) is 4.74 Å². The Labute approximate surface area is 96.2 Å². The van der Waals surface area contributed by atoms with Crippen LogP contribution in [0.2, 0.25) is 0 Å². The molecule has 86 valence electrons. The van der Waals surface area contributed by atoms with Gasteiger partial charge in [0.2, 0.25) is 0 Å². The van der Waals surface area contributed by atoms with Crippen molar-refractivity contribution in [1.82, 2.24) is 0 Å². The van der Waals surface area contributed by atoms with E-state index in [-0.39, 0.29) is 22.3 Å². The third-order valence-corrected chi connectivity index (χ3v) is 1.98.